The number of aromatic nitrogens is 5. The molecule has 0 radical (unpaired) electrons. The largest absolute Gasteiger partial charge is 0.482 e. The first-order valence-electron chi connectivity index (χ1n) is 11.6. The Morgan fingerprint density at radius 3 is 2.79 bits per heavy atom. The standard InChI is InChI=1S/C26H28N6O/c1-15-7-8-22-20(11-15)16(2)33-23-12-18(14-28-26(23)27)24-21(13-19-9-10-29-32(19)22)30-31(3)25(24)17-5-4-6-17/h7-12,14,16-17H,4-6,13H2,1-3H3,(H2,27,28). The summed E-state index contributed by atoms with van der Waals surface area (Å²) in [5.41, 5.74) is 15.1. The number of nitrogens with two attached hydrogens (primary N) is 1. The van der Waals surface area contributed by atoms with Crippen LogP contribution in [0.2, 0.25) is 0 Å². The molecule has 2 aliphatic rings. The summed E-state index contributed by atoms with van der Waals surface area (Å²) in [6.45, 7) is 4.14. The number of benzene rings is 1. The Bertz CT molecular complexity index is 1360. The topological polar surface area (TPSA) is 83.8 Å². The van der Waals surface area contributed by atoms with Crippen molar-refractivity contribution in [1.29, 1.82) is 0 Å². The molecule has 0 spiro atoms. The van der Waals surface area contributed by atoms with Gasteiger partial charge in [0.05, 0.1) is 17.1 Å². The number of nitrogen functional groups attached to an aromatic ring is 1. The van der Waals surface area contributed by atoms with Crippen molar-refractivity contribution in [2.75, 3.05) is 5.73 Å². The summed E-state index contributed by atoms with van der Waals surface area (Å²) in [6.07, 6.45) is 7.82. The van der Waals surface area contributed by atoms with Crippen LogP contribution in [0.15, 0.2) is 42.7 Å². The zero-order chi connectivity index (χ0) is 22.7. The van der Waals surface area contributed by atoms with Gasteiger partial charge in [-0.15, -0.1) is 0 Å². The Morgan fingerprint density at radius 1 is 1.15 bits per heavy atom. The van der Waals surface area contributed by atoms with Gasteiger partial charge in [-0.05, 0) is 44.9 Å². The lowest BCUT2D eigenvalue weighted by molar-refractivity contribution is 0.227. The highest BCUT2D eigenvalue weighted by Gasteiger charge is 2.30. The Labute approximate surface area is 193 Å². The van der Waals surface area contributed by atoms with E-state index in [-0.39, 0.29) is 6.10 Å². The van der Waals surface area contributed by atoms with Crippen LogP contribution in [0.4, 0.5) is 5.82 Å². The molecule has 0 amide bonds. The van der Waals surface area contributed by atoms with Gasteiger partial charge in [-0.2, -0.15) is 10.2 Å². The van der Waals surface area contributed by atoms with Crippen LogP contribution in [0.25, 0.3) is 16.8 Å². The second kappa shape index (κ2) is 7.47. The maximum absolute atomic E-state index is 6.44. The van der Waals surface area contributed by atoms with Crippen LogP contribution in [0, 0.1) is 6.92 Å². The maximum Gasteiger partial charge on any atom is 0.166 e. The van der Waals surface area contributed by atoms with E-state index in [9.17, 15) is 0 Å². The van der Waals surface area contributed by atoms with Crippen molar-refractivity contribution in [3.05, 3.63) is 70.9 Å². The summed E-state index contributed by atoms with van der Waals surface area (Å²) >= 11 is 0. The predicted octanol–water partition coefficient (Wildman–Crippen LogP) is 4.87. The van der Waals surface area contributed by atoms with E-state index >= 15 is 0 Å². The molecule has 1 aromatic carbocycles. The molecular weight excluding hydrogens is 412 g/mol. The smallest absolute Gasteiger partial charge is 0.166 e. The molecule has 0 saturated heterocycles. The Hall–Kier alpha value is -3.61. The number of aryl methyl sites for hydroxylation is 2. The van der Waals surface area contributed by atoms with Crippen molar-refractivity contribution >= 4 is 5.82 Å². The molecule has 1 atom stereocenters. The lowest BCUT2D eigenvalue weighted by Crippen LogP contribution is -2.14. The molecule has 1 saturated carbocycles. The third-order valence-electron chi connectivity index (χ3n) is 7.05. The molecular formula is C26H28N6O. The molecule has 33 heavy (non-hydrogen) atoms. The number of ether oxygens (including phenoxy) is 1. The van der Waals surface area contributed by atoms with E-state index in [1.807, 2.05) is 23.1 Å². The predicted molar refractivity (Wildman–Crippen MR) is 128 cm³/mol. The lowest BCUT2D eigenvalue weighted by Gasteiger charge is -2.27. The number of anilines is 1. The minimum Gasteiger partial charge on any atom is -0.482 e. The van der Waals surface area contributed by atoms with Gasteiger partial charge in [0.2, 0.25) is 0 Å². The molecule has 1 unspecified atom stereocenters. The fraction of sp³-hybridized carbons (Fsp3) is 0.346. The van der Waals surface area contributed by atoms with Crippen molar-refractivity contribution < 1.29 is 4.74 Å². The second-order valence-electron chi connectivity index (χ2n) is 9.30. The second-order valence-corrected chi connectivity index (χ2v) is 9.30. The van der Waals surface area contributed by atoms with Crippen LogP contribution in [0.5, 0.6) is 5.75 Å². The van der Waals surface area contributed by atoms with Crippen LogP contribution in [0.3, 0.4) is 0 Å². The monoisotopic (exact) mass is 440 g/mol. The highest BCUT2D eigenvalue weighted by atomic mass is 16.5. The lowest BCUT2D eigenvalue weighted by atomic mass is 9.80. The molecule has 1 aliphatic carbocycles. The third-order valence-corrected chi connectivity index (χ3v) is 7.05. The minimum atomic E-state index is -0.227. The molecule has 1 fully saturated rings. The van der Waals surface area contributed by atoms with Crippen LogP contribution in [0.1, 0.15) is 66.4 Å². The minimum absolute atomic E-state index is 0.227. The maximum atomic E-state index is 6.44. The van der Waals surface area contributed by atoms with Crippen molar-refractivity contribution in [3.63, 3.8) is 0 Å². The van der Waals surface area contributed by atoms with Gasteiger partial charge in [0.15, 0.2) is 11.6 Å². The molecule has 4 aromatic rings. The van der Waals surface area contributed by atoms with E-state index in [0.717, 1.165) is 33.8 Å². The SMILES string of the molecule is Cc1ccc2c(c1)C(C)Oc1cc(cnc1N)-c1c(nn(C)c1C1CCC1)Cc1ccnn1-2. The quantitative estimate of drug-likeness (QED) is 0.456. The summed E-state index contributed by atoms with van der Waals surface area (Å²) in [6, 6.07) is 10.5. The average molecular weight is 441 g/mol. The molecule has 168 valence electrons. The first-order valence-corrected chi connectivity index (χ1v) is 11.6. The number of rotatable bonds is 1. The number of nitrogens with zero attached hydrogens (tertiary/aromatic N) is 5. The van der Waals surface area contributed by atoms with Crippen LogP contribution in [-0.2, 0) is 13.5 Å². The van der Waals surface area contributed by atoms with Crippen molar-refractivity contribution in [2.45, 2.75) is 51.6 Å². The van der Waals surface area contributed by atoms with Gasteiger partial charge in [0, 0.05) is 54.2 Å². The van der Waals surface area contributed by atoms with E-state index in [1.165, 1.54) is 30.5 Å². The van der Waals surface area contributed by atoms with Gasteiger partial charge < -0.3 is 10.5 Å². The molecule has 4 heterocycles. The van der Waals surface area contributed by atoms with Gasteiger partial charge >= 0.3 is 0 Å². The molecule has 6 rings (SSSR count). The van der Waals surface area contributed by atoms with Gasteiger partial charge in [0.25, 0.3) is 0 Å². The highest BCUT2D eigenvalue weighted by Crippen LogP contribution is 2.44. The normalized spacial score (nSPS) is 17.6. The first-order chi connectivity index (χ1) is 16.0. The number of pyridine rings is 1. The van der Waals surface area contributed by atoms with Crippen LogP contribution < -0.4 is 10.5 Å². The molecule has 7 nitrogen and oxygen atoms in total. The Kier molecular flexibility index (Phi) is 4.54. The van der Waals surface area contributed by atoms with Gasteiger partial charge in [-0.3, -0.25) is 4.68 Å². The van der Waals surface area contributed by atoms with Gasteiger partial charge in [-0.1, -0.05) is 24.1 Å². The van der Waals surface area contributed by atoms with Gasteiger partial charge in [-0.25, -0.2) is 9.67 Å². The zero-order valence-electron chi connectivity index (χ0n) is 19.2. The fourth-order valence-corrected chi connectivity index (χ4v) is 5.17. The molecule has 2 N–H and O–H groups in total. The average Bonchev–Trinajstić information content (AvgIpc) is 3.33. The van der Waals surface area contributed by atoms with E-state index in [4.69, 9.17) is 20.7 Å². The summed E-state index contributed by atoms with van der Waals surface area (Å²) in [4.78, 5) is 4.52. The van der Waals surface area contributed by atoms with Crippen LogP contribution in [-0.4, -0.2) is 24.5 Å². The first kappa shape index (κ1) is 20.0. The van der Waals surface area contributed by atoms with Crippen molar-refractivity contribution in [2.24, 2.45) is 7.05 Å². The highest BCUT2D eigenvalue weighted by molar-refractivity contribution is 5.73. The van der Waals surface area contributed by atoms with Gasteiger partial charge in [0.1, 0.15) is 6.10 Å². The Balaban J connectivity index is 1.62. The summed E-state index contributed by atoms with van der Waals surface area (Å²) in [5.74, 6) is 1.52. The Morgan fingerprint density at radius 2 is 2.00 bits per heavy atom. The number of hydrogen-bond acceptors (Lipinski definition) is 5. The third kappa shape index (κ3) is 3.22. The van der Waals surface area contributed by atoms with E-state index in [0.29, 0.717) is 23.9 Å². The summed E-state index contributed by atoms with van der Waals surface area (Å²) in [5, 5.41) is 9.69. The van der Waals surface area contributed by atoms with E-state index in [2.05, 4.69) is 54.8 Å². The molecule has 1 aliphatic heterocycles. The van der Waals surface area contributed by atoms with E-state index < -0.39 is 0 Å². The molecule has 3 aromatic heterocycles. The molecule has 2 bridgehead atoms. The summed E-state index contributed by atoms with van der Waals surface area (Å²) in [7, 11) is 2.05. The molecule has 7 heteroatoms. The van der Waals surface area contributed by atoms with Crippen molar-refractivity contribution in [1.82, 2.24) is 24.5 Å². The van der Waals surface area contributed by atoms with Crippen LogP contribution >= 0.6 is 0 Å². The zero-order valence-corrected chi connectivity index (χ0v) is 19.2. The van der Waals surface area contributed by atoms with E-state index in [1.54, 1.807) is 0 Å². The number of fused-ring (bicyclic) bond motifs is 7. The van der Waals surface area contributed by atoms with Crippen molar-refractivity contribution in [3.8, 4) is 22.6 Å². The fourth-order valence-electron chi connectivity index (χ4n) is 5.17. The number of hydrogen-bond donors (Lipinski definition) is 1. The summed E-state index contributed by atoms with van der Waals surface area (Å²) < 4.78 is 10.5.